The minimum absolute atomic E-state index is 0.340. The zero-order valence-electron chi connectivity index (χ0n) is 14.0. The molecule has 0 fully saturated rings. The molecule has 0 aliphatic rings. The fourth-order valence-electron chi connectivity index (χ4n) is 2.53. The van der Waals surface area contributed by atoms with E-state index in [1.165, 1.54) is 12.5 Å². The summed E-state index contributed by atoms with van der Waals surface area (Å²) in [6.07, 6.45) is 4.65. The molecule has 3 heteroatoms. The summed E-state index contributed by atoms with van der Waals surface area (Å²) in [6.45, 7) is 1.39. The van der Waals surface area contributed by atoms with E-state index in [0.29, 0.717) is 12.8 Å². The number of aliphatic hydroxyl groups is 1. The highest BCUT2D eigenvalue weighted by Gasteiger charge is 2.15. The van der Waals surface area contributed by atoms with Crippen LogP contribution < -0.4 is 0 Å². The maximum absolute atomic E-state index is 11.3. The number of carbonyl (C=O) groups excluding carboxylic acids is 1. The van der Waals surface area contributed by atoms with Crippen LogP contribution >= 0.6 is 0 Å². The third-order valence-corrected chi connectivity index (χ3v) is 3.73. The van der Waals surface area contributed by atoms with Gasteiger partial charge in [0.25, 0.3) is 0 Å². The van der Waals surface area contributed by atoms with Gasteiger partial charge in [0.05, 0.1) is 6.10 Å². The van der Waals surface area contributed by atoms with Crippen molar-refractivity contribution in [2.24, 2.45) is 0 Å². The van der Waals surface area contributed by atoms with Crippen LogP contribution in [0.3, 0.4) is 0 Å². The first-order valence-electron chi connectivity index (χ1n) is 8.26. The topological polar surface area (TPSA) is 46.5 Å². The van der Waals surface area contributed by atoms with Gasteiger partial charge >= 0.3 is 5.97 Å². The molecule has 0 saturated carbocycles. The van der Waals surface area contributed by atoms with E-state index >= 15 is 0 Å². The van der Waals surface area contributed by atoms with Crippen LogP contribution in [0.15, 0.2) is 66.7 Å². The molecule has 0 unspecified atom stereocenters. The number of aryl methyl sites for hydroxylation is 1. The van der Waals surface area contributed by atoms with Crippen LogP contribution in [0.1, 0.15) is 30.9 Å². The molecule has 2 atom stereocenters. The minimum Gasteiger partial charge on any atom is -0.458 e. The lowest BCUT2D eigenvalue weighted by Crippen LogP contribution is -2.21. The number of rotatable bonds is 8. The van der Waals surface area contributed by atoms with Crippen LogP contribution in [0.25, 0.3) is 6.08 Å². The SMILES string of the molecule is CC(=O)O[C@H](/C=C/c1ccccc1)C[C@@H](O)CCc1ccccc1. The third kappa shape index (κ3) is 6.80. The quantitative estimate of drug-likeness (QED) is 0.746. The van der Waals surface area contributed by atoms with Gasteiger partial charge in [0.15, 0.2) is 0 Å². The number of hydrogen-bond donors (Lipinski definition) is 1. The van der Waals surface area contributed by atoms with E-state index in [1.54, 1.807) is 0 Å². The maximum atomic E-state index is 11.3. The molecule has 24 heavy (non-hydrogen) atoms. The van der Waals surface area contributed by atoms with Crippen LogP contribution in [-0.2, 0) is 16.0 Å². The average Bonchev–Trinajstić information content (AvgIpc) is 2.59. The summed E-state index contributed by atoms with van der Waals surface area (Å²) in [5, 5.41) is 10.3. The molecule has 0 bridgehead atoms. The van der Waals surface area contributed by atoms with Gasteiger partial charge in [-0.1, -0.05) is 66.7 Å². The smallest absolute Gasteiger partial charge is 0.303 e. The van der Waals surface area contributed by atoms with Gasteiger partial charge < -0.3 is 9.84 Å². The van der Waals surface area contributed by atoms with Crippen molar-refractivity contribution in [2.45, 2.75) is 38.4 Å². The van der Waals surface area contributed by atoms with E-state index in [1.807, 2.05) is 72.8 Å². The molecule has 2 aromatic carbocycles. The van der Waals surface area contributed by atoms with E-state index in [9.17, 15) is 9.90 Å². The fraction of sp³-hybridized carbons (Fsp3) is 0.286. The molecule has 0 aromatic heterocycles. The molecule has 0 spiro atoms. The Morgan fingerprint density at radius 2 is 1.71 bits per heavy atom. The van der Waals surface area contributed by atoms with Gasteiger partial charge in [0.1, 0.15) is 6.10 Å². The summed E-state index contributed by atoms with van der Waals surface area (Å²) >= 11 is 0. The molecule has 2 rings (SSSR count). The molecule has 0 saturated heterocycles. The Morgan fingerprint density at radius 1 is 1.08 bits per heavy atom. The number of aliphatic hydroxyl groups excluding tert-OH is 1. The van der Waals surface area contributed by atoms with Gasteiger partial charge in [-0.25, -0.2) is 0 Å². The Labute approximate surface area is 143 Å². The van der Waals surface area contributed by atoms with Gasteiger partial charge in [-0.15, -0.1) is 0 Å². The molecule has 0 amide bonds. The summed E-state index contributed by atoms with van der Waals surface area (Å²) in [6, 6.07) is 19.9. The van der Waals surface area contributed by atoms with Crippen molar-refractivity contribution >= 4 is 12.0 Å². The van der Waals surface area contributed by atoms with Crippen molar-refractivity contribution in [3.63, 3.8) is 0 Å². The number of hydrogen-bond acceptors (Lipinski definition) is 3. The first kappa shape index (κ1) is 18.0. The number of ether oxygens (including phenoxy) is 1. The van der Waals surface area contributed by atoms with Crippen LogP contribution in [0.4, 0.5) is 0 Å². The first-order valence-corrected chi connectivity index (χ1v) is 8.26. The molecule has 0 aliphatic carbocycles. The second kappa shape index (κ2) is 9.68. The number of benzene rings is 2. The predicted molar refractivity (Wildman–Crippen MR) is 96.4 cm³/mol. The highest BCUT2D eigenvalue weighted by Crippen LogP contribution is 2.13. The molecule has 0 aliphatic heterocycles. The molecule has 3 nitrogen and oxygen atoms in total. The Hall–Kier alpha value is -2.39. The normalized spacial score (nSPS) is 13.6. The van der Waals surface area contributed by atoms with Crippen molar-refractivity contribution in [2.75, 3.05) is 0 Å². The maximum Gasteiger partial charge on any atom is 0.303 e. The Bertz CT molecular complexity index is 635. The Kier molecular flexibility index (Phi) is 7.24. The minimum atomic E-state index is -0.519. The van der Waals surface area contributed by atoms with Gasteiger partial charge in [-0.3, -0.25) is 4.79 Å². The average molecular weight is 324 g/mol. The highest BCUT2D eigenvalue weighted by atomic mass is 16.5. The zero-order chi connectivity index (χ0) is 17.2. The van der Waals surface area contributed by atoms with Crippen molar-refractivity contribution in [1.29, 1.82) is 0 Å². The molecule has 0 radical (unpaired) electrons. The number of carbonyl (C=O) groups is 1. The lowest BCUT2D eigenvalue weighted by molar-refractivity contribution is -0.145. The summed E-state index contributed by atoms with van der Waals surface area (Å²) in [5.41, 5.74) is 2.23. The zero-order valence-corrected chi connectivity index (χ0v) is 14.0. The lowest BCUT2D eigenvalue weighted by atomic mass is 10.0. The van der Waals surface area contributed by atoms with Crippen LogP contribution in [0, 0.1) is 0 Å². The monoisotopic (exact) mass is 324 g/mol. The summed E-state index contributed by atoms with van der Waals surface area (Å²) in [4.78, 5) is 11.3. The first-order chi connectivity index (χ1) is 11.6. The molecular formula is C21H24O3. The van der Waals surface area contributed by atoms with Crippen LogP contribution in [-0.4, -0.2) is 23.3 Å². The summed E-state index contributed by atoms with van der Waals surface area (Å²) < 4.78 is 5.31. The van der Waals surface area contributed by atoms with Crippen LogP contribution in [0.2, 0.25) is 0 Å². The van der Waals surface area contributed by atoms with E-state index in [4.69, 9.17) is 4.74 Å². The fourth-order valence-corrected chi connectivity index (χ4v) is 2.53. The van der Waals surface area contributed by atoms with E-state index in [0.717, 1.165) is 12.0 Å². The van der Waals surface area contributed by atoms with Gasteiger partial charge in [-0.2, -0.15) is 0 Å². The highest BCUT2D eigenvalue weighted by molar-refractivity contribution is 5.66. The van der Waals surface area contributed by atoms with E-state index in [2.05, 4.69) is 0 Å². The van der Waals surface area contributed by atoms with Gasteiger partial charge in [-0.05, 0) is 30.0 Å². The Balaban J connectivity index is 1.90. The standard InChI is InChI=1S/C21H24O3/c1-17(22)24-21(15-13-19-10-6-3-7-11-19)16-20(23)14-12-18-8-4-2-5-9-18/h2-11,13,15,20-21,23H,12,14,16H2,1H3/b15-13+/t20-,21+/m0/s1. The molecule has 0 heterocycles. The Morgan fingerprint density at radius 3 is 2.33 bits per heavy atom. The molecule has 1 N–H and O–H groups in total. The number of esters is 1. The summed E-state index contributed by atoms with van der Waals surface area (Å²) in [5.74, 6) is -0.340. The van der Waals surface area contributed by atoms with Gasteiger partial charge in [0, 0.05) is 13.3 Å². The van der Waals surface area contributed by atoms with Crippen molar-refractivity contribution in [1.82, 2.24) is 0 Å². The third-order valence-electron chi connectivity index (χ3n) is 3.73. The van der Waals surface area contributed by atoms with Crippen molar-refractivity contribution in [3.8, 4) is 0 Å². The lowest BCUT2D eigenvalue weighted by Gasteiger charge is -2.17. The molecular weight excluding hydrogens is 300 g/mol. The second-order valence-electron chi connectivity index (χ2n) is 5.83. The van der Waals surface area contributed by atoms with Crippen LogP contribution in [0.5, 0.6) is 0 Å². The second-order valence-corrected chi connectivity index (χ2v) is 5.83. The predicted octanol–water partition coefficient (Wildman–Crippen LogP) is 4.02. The molecule has 2 aromatic rings. The molecule has 126 valence electrons. The van der Waals surface area contributed by atoms with Crippen molar-refractivity contribution < 1.29 is 14.6 Å². The van der Waals surface area contributed by atoms with E-state index < -0.39 is 12.2 Å². The van der Waals surface area contributed by atoms with Gasteiger partial charge in [0.2, 0.25) is 0 Å². The van der Waals surface area contributed by atoms with E-state index in [-0.39, 0.29) is 5.97 Å². The summed E-state index contributed by atoms with van der Waals surface area (Å²) in [7, 11) is 0. The van der Waals surface area contributed by atoms with Crippen molar-refractivity contribution in [3.05, 3.63) is 77.9 Å². The largest absolute Gasteiger partial charge is 0.458 e.